The Labute approximate surface area is 202 Å². The lowest BCUT2D eigenvalue weighted by Crippen LogP contribution is -2.45. The molecule has 5 nitrogen and oxygen atoms in total. The van der Waals surface area contributed by atoms with Crippen LogP contribution < -0.4 is 10.6 Å². The molecule has 1 aromatic carbocycles. The molecular formula is C25H29ClF3N3O2. The number of ether oxygens (including phenoxy) is 1. The standard InChI is InChI=1S/C25H29ClF3N3O2/c26-23-15-32-21(11-24(33)18-8-19(14-30-13-18)25(27,28)29)10-22(23)17-2-1-3-20(9-17)31-12-16-4-6-34-7-5-16/h1-3,9-10,15-16,18-19,30-31H,4-8,11-14H2/t18-,19+/m0/s1. The first-order valence-corrected chi connectivity index (χ1v) is 12.0. The van der Waals surface area contributed by atoms with Gasteiger partial charge in [0.1, 0.15) is 5.78 Å². The number of hydrogen-bond donors (Lipinski definition) is 2. The number of nitrogens with one attached hydrogen (secondary N) is 2. The Morgan fingerprint density at radius 2 is 2.00 bits per heavy atom. The monoisotopic (exact) mass is 495 g/mol. The van der Waals surface area contributed by atoms with Crippen molar-refractivity contribution in [2.45, 2.75) is 31.9 Å². The number of benzene rings is 1. The second-order valence-corrected chi connectivity index (χ2v) is 9.55. The molecule has 0 amide bonds. The second kappa shape index (κ2) is 11.1. The van der Waals surface area contributed by atoms with Crippen molar-refractivity contribution in [2.75, 3.05) is 38.2 Å². The molecule has 4 rings (SSSR count). The molecule has 2 aliphatic heterocycles. The van der Waals surface area contributed by atoms with E-state index in [-0.39, 0.29) is 31.7 Å². The lowest BCUT2D eigenvalue weighted by Gasteiger charge is -2.30. The first-order valence-electron chi connectivity index (χ1n) is 11.7. The van der Waals surface area contributed by atoms with Crippen LogP contribution in [0.5, 0.6) is 0 Å². The summed E-state index contributed by atoms with van der Waals surface area (Å²) in [6.07, 6.45) is -0.929. The molecule has 2 aliphatic rings. The van der Waals surface area contributed by atoms with Gasteiger partial charge in [-0.2, -0.15) is 13.2 Å². The predicted octanol–water partition coefficient (Wildman–Crippen LogP) is 5.14. The quantitative estimate of drug-likeness (QED) is 0.557. The summed E-state index contributed by atoms with van der Waals surface area (Å²) in [5, 5.41) is 6.69. The first kappa shape index (κ1) is 24.9. The van der Waals surface area contributed by atoms with Crippen molar-refractivity contribution in [3.05, 3.63) is 47.2 Å². The fourth-order valence-corrected chi connectivity index (χ4v) is 4.78. The van der Waals surface area contributed by atoms with Gasteiger partial charge in [-0.05, 0) is 48.9 Å². The van der Waals surface area contributed by atoms with Crippen molar-refractivity contribution in [3.8, 4) is 11.1 Å². The van der Waals surface area contributed by atoms with Crippen molar-refractivity contribution < 1.29 is 22.7 Å². The summed E-state index contributed by atoms with van der Waals surface area (Å²) in [5.74, 6) is -1.85. The van der Waals surface area contributed by atoms with Gasteiger partial charge in [0.2, 0.25) is 0 Å². The van der Waals surface area contributed by atoms with E-state index in [1.807, 2.05) is 24.3 Å². The van der Waals surface area contributed by atoms with Crippen LogP contribution >= 0.6 is 11.6 Å². The lowest BCUT2D eigenvalue weighted by molar-refractivity contribution is -0.182. The van der Waals surface area contributed by atoms with Gasteiger partial charge in [-0.25, -0.2) is 0 Å². The molecule has 0 spiro atoms. The Balaban J connectivity index is 1.43. The molecule has 2 fully saturated rings. The molecule has 0 unspecified atom stereocenters. The number of Topliss-reactive ketones (excluding diaryl/α,β-unsaturated/α-hetero) is 1. The first-order chi connectivity index (χ1) is 16.3. The predicted molar refractivity (Wildman–Crippen MR) is 126 cm³/mol. The number of hydrogen-bond acceptors (Lipinski definition) is 5. The van der Waals surface area contributed by atoms with Crippen LogP contribution in [0.2, 0.25) is 5.02 Å². The van der Waals surface area contributed by atoms with Gasteiger partial charge < -0.3 is 15.4 Å². The SMILES string of the molecule is O=C(Cc1cc(-c2cccc(NCC3CCOCC3)c2)c(Cl)cn1)[C@@H]1CNC[C@H](C(F)(F)F)C1. The fourth-order valence-electron chi connectivity index (χ4n) is 4.57. The molecule has 1 aromatic heterocycles. The van der Waals surface area contributed by atoms with Crippen LogP contribution in [0.15, 0.2) is 36.5 Å². The van der Waals surface area contributed by atoms with E-state index < -0.39 is 18.0 Å². The van der Waals surface area contributed by atoms with Crippen molar-refractivity contribution in [2.24, 2.45) is 17.8 Å². The van der Waals surface area contributed by atoms with Gasteiger partial charge in [0.05, 0.1) is 10.9 Å². The topological polar surface area (TPSA) is 63.2 Å². The molecule has 0 saturated carbocycles. The number of alkyl halides is 3. The summed E-state index contributed by atoms with van der Waals surface area (Å²) in [4.78, 5) is 17.0. The maximum Gasteiger partial charge on any atom is 0.393 e. The van der Waals surface area contributed by atoms with E-state index in [0.29, 0.717) is 16.6 Å². The van der Waals surface area contributed by atoms with Gasteiger partial charge in [-0.3, -0.25) is 9.78 Å². The highest BCUT2D eigenvalue weighted by Gasteiger charge is 2.43. The number of carbonyl (C=O) groups excluding carboxylic acids is 1. The van der Waals surface area contributed by atoms with E-state index in [1.54, 1.807) is 6.07 Å². The third-order valence-corrected chi connectivity index (χ3v) is 6.95. The largest absolute Gasteiger partial charge is 0.393 e. The summed E-state index contributed by atoms with van der Waals surface area (Å²) in [7, 11) is 0. The van der Waals surface area contributed by atoms with Gasteiger partial charge in [0.15, 0.2) is 0 Å². The van der Waals surface area contributed by atoms with Crippen molar-refractivity contribution >= 4 is 23.1 Å². The maximum absolute atomic E-state index is 13.1. The van der Waals surface area contributed by atoms with Gasteiger partial charge in [-0.15, -0.1) is 0 Å². The number of rotatable bonds is 7. The Bertz CT molecular complexity index is 996. The normalized spacial score (nSPS) is 21.9. The van der Waals surface area contributed by atoms with E-state index in [4.69, 9.17) is 16.3 Å². The average molecular weight is 496 g/mol. The third-order valence-electron chi connectivity index (χ3n) is 6.65. The third kappa shape index (κ3) is 6.49. The van der Waals surface area contributed by atoms with Crippen LogP contribution in [-0.2, 0) is 16.0 Å². The molecule has 184 valence electrons. The number of piperidine rings is 1. The summed E-state index contributed by atoms with van der Waals surface area (Å²) in [6, 6.07) is 9.63. The lowest BCUT2D eigenvalue weighted by atomic mass is 9.85. The van der Waals surface area contributed by atoms with E-state index >= 15 is 0 Å². The van der Waals surface area contributed by atoms with Crippen molar-refractivity contribution in [1.29, 1.82) is 0 Å². The van der Waals surface area contributed by atoms with Crippen molar-refractivity contribution in [1.82, 2.24) is 10.3 Å². The summed E-state index contributed by atoms with van der Waals surface area (Å²) < 4.78 is 44.7. The molecule has 2 N–H and O–H groups in total. The van der Waals surface area contributed by atoms with E-state index in [9.17, 15) is 18.0 Å². The molecule has 9 heteroatoms. The summed E-state index contributed by atoms with van der Waals surface area (Å²) in [6.45, 7) is 2.58. The Morgan fingerprint density at radius 3 is 2.76 bits per heavy atom. The molecule has 2 atom stereocenters. The minimum atomic E-state index is -4.30. The zero-order chi connectivity index (χ0) is 24.1. The van der Waals surface area contributed by atoms with Gasteiger partial charge in [-0.1, -0.05) is 23.7 Å². The number of anilines is 1. The summed E-state index contributed by atoms with van der Waals surface area (Å²) >= 11 is 6.42. The highest BCUT2D eigenvalue weighted by Crippen LogP contribution is 2.34. The molecule has 2 saturated heterocycles. The van der Waals surface area contributed by atoms with Crippen LogP contribution in [0.1, 0.15) is 25.0 Å². The molecular weight excluding hydrogens is 467 g/mol. The molecule has 34 heavy (non-hydrogen) atoms. The highest BCUT2D eigenvalue weighted by molar-refractivity contribution is 6.33. The Hall–Kier alpha value is -2.16. The van der Waals surface area contributed by atoms with E-state index in [0.717, 1.165) is 49.4 Å². The second-order valence-electron chi connectivity index (χ2n) is 9.15. The number of pyridine rings is 1. The molecule has 0 radical (unpaired) electrons. The molecule has 0 bridgehead atoms. The fraction of sp³-hybridized carbons (Fsp3) is 0.520. The summed E-state index contributed by atoms with van der Waals surface area (Å²) in [5.41, 5.74) is 3.10. The zero-order valence-corrected chi connectivity index (χ0v) is 19.6. The van der Waals surface area contributed by atoms with Gasteiger partial charge >= 0.3 is 6.18 Å². The van der Waals surface area contributed by atoms with Gasteiger partial charge in [0.25, 0.3) is 0 Å². The number of aromatic nitrogens is 1. The molecule has 3 heterocycles. The average Bonchev–Trinajstić information content (AvgIpc) is 2.84. The number of ketones is 1. The maximum atomic E-state index is 13.1. The smallest absolute Gasteiger partial charge is 0.385 e. The van der Waals surface area contributed by atoms with Crippen molar-refractivity contribution in [3.63, 3.8) is 0 Å². The van der Waals surface area contributed by atoms with Gasteiger partial charge in [0, 0.05) is 68.3 Å². The van der Waals surface area contributed by atoms with Crippen LogP contribution in [-0.4, -0.2) is 49.8 Å². The number of halogens is 4. The van der Waals surface area contributed by atoms with Crippen LogP contribution in [0.3, 0.4) is 0 Å². The van der Waals surface area contributed by atoms with Crippen LogP contribution in [0, 0.1) is 17.8 Å². The highest BCUT2D eigenvalue weighted by atomic mass is 35.5. The van der Waals surface area contributed by atoms with E-state index in [2.05, 4.69) is 15.6 Å². The zero-order valence-electron chi connectivity index (χ0n) is 18.8. The Morgan fingerprint density at radius 1 is 1.21 bits per heavy atom. The minimum absolute atomic E-state index is 0.0250. The molecule has 2 aromatic rings. The van der Waals surface area contributed by atoms with Crippen LogP contribution in [0.4, 0.5) is 18.9 Å². The van der Waals surface area contributed by atoms with E-state index in [1.165, 1.54) is 6.20 Å². The molecule has 0 aliphatic carbocycles. The van der Waals surface area contributed by atoms with Crippen LogP contribution in [0.25, 0.3) is 11.1 Å². The number of carbonyl (C=O) groups is 1. The number of nitrogens with zero attached hydrogens (tertiary/aromatic N) is 1. The Kier molecular flexibility index (Phi) is 8.11. The minimum Gasteiger partial charge on any atom is -0.385 e.